The molecule has 0 saturated carbocycles. The highest BCUT2D eigenvalue weighted by Crippen LogP contribution is 2.12. The van der Waals surface area contributed by atoms with Gasteiger partial charge in [-0.2, -0.15) is 0 Å². The van der Waals surface area contributed by atoms with Gasteiger partial charge in [0.1, 0.15) is 0 Å². The summed E-state index contributed by atoms with van der Waals surface area (Å²) in [5.41, 5.74) is 2.46. The molecular weight excluding hydrogens is 218 g/mol. The van der Waals surface area contributed by atoms with Crippen molar-refractivity contribution in [3.05, 3.63) is 42.2 Å². The maximum Gasteiger partial charge on any atom is 0.165 e. The number of aromatic nitrogens is 2. The largest absolute Gasteiger partial charge is 0.384 e. The van der Waals surface area contributed by atoms with Crippen molar-refractivity contribution in [2.45, 2.75) is 12.1 Å². The molecule has 84 valence electrons. The van der Waals surface area contributed by atoms with Gasteiger partial charge in [0.2, 0.25) is 0 Å². The Bertz CT molecular complexity index is 426. The van der Waals surface area contributed by atoms with Crippen LogP contribution < -0.4 is 5.32 Å². The van der Waals surface area contributed by atoms with Gasteiger partial charge in [-0.3, -0.25) is 0 Å². The Morgan fingerprint density at radius 3 is 3.12 bits per heavy atom. The van der Waals surface area contributed by atoms with E-state index in [9.17, 15) is 0 Å². The van der Waals surface area contributed by atoms with E-state index in [0.29, 0.717) is 0 Å². The third-order valence-corrected chi connectivity index (χ3v) is 3.07. The summed E-state index contributed by atoms with van der Waals surface area (Å²) in [7, 11) is 0. The van der Waals surface area contributed by atoms with Crippen molar-refractivity contribution in [1.82, 2.24) is 9.97 Å². The van der Waals surface area contributed by atoms with E-state index in [0.717, 1.165) is 17.5 Å². The van der Waals surface area contributed by atoms with Crippen LogP contribution in [0.25, 0.3) is 0 Å². The second kappa shape index (κ2) is 5.61. The number of aromatic amines is 1. The Hall–Kier alpha value is -1.42. The first-order chi connectivity index (χ1) is 7.84. The quantitative estimate of drug-likeness (QED) is 0.616. The van der Waals surface area contributed by atoms with Gasteiger partial charge >= 0.3 is 0 Å². The number of anilines is 1. The van der Waals surface area contributed by atoms with Crippen molar-refractivity contribution < 1.29 is 0 Å². The third kappa shape index (κ3) is 3.31. The van der Waals surface area contributed by atoms with Gasteiger partial charge in [0.25, 0.3) is 0 Å². The molecule has 0 atom stereocenters. The minimum Gasteiger partial charge on any atom is -0.384 e. The summed E-state index contributed by atoms with van der Waals surface area (Å²) in [5, 5.41) is 4.36. The second-order valence-corrected chi connectivity index (χ2v) is 4.62. The van der Waals surface area contributed by atoms with Crippen molar-refractivity contribution >= 4 is 17.4 Å². The van der Waals surface area contributed by atoms with Crippen LogP contribution in [0.5, 0.6) is 0 Å². The van der Waals surface area contributed by atoms with Crippen molar-refractivity contribution in [3.63, 3.8) is 0 Å². The zero-order valence-electron chi connectivity index (χ0n) is 9.23. The number of thioether (sulfide) groups is 1. The van der Waals surface area contributed by atoms with Gasteiger partial charge in [-0.25, -0.2) is 4.98 Å². The first-order valence-corrected chi connectivity index (χ1v) is 6.26. The van der Waals surface area contributed by atoms with Crippen LogP contribution in [0.15, 0.2) is 41.8 Å². The molecule has 0 aliphatic carbocycles. The molecule has 4 heteroatoms. The maximum absolute atomic E-state index is 4.15. The van der Waals surface area contributed by atoms with Gasteiger partial charge in [-0.05, 0) is 24.6 Å². The average Bonchev–Trinajstić information content (AvgIpc) is 2.77. The maximum atomic E-state index is 4.15. The topological polar surface area (TPSA) is 40.7 Å². The average molecular weight is 233 g/mol. The predicted octanol–water partition coefficient (Wildman–Crippen LogP) is 2.92. The number of rotatable bonds is 5. The molecule has 16 heavy (non-hydrogen) atoms. The van der Waals surface area contributed by atoms with Gasteiger partial charge in [0.05, 0.1) is 0 Å². The standard InChI is InChI=1S/C12H15N3S/c1-10-3-2-4-11(9-10)13-7-8-16-12-14-5-6-15-12/h2-6,9,13H,7-8H2,1H3,(H,14,15). The fraction of sp³-hybridized carbons (Fsp3) is 0.250. The molecule has 2 rings (SSSR count). The Morgan fingerprint density at radius 2 is 2.38 bits per heavy atom. The van der Waals surface area contributed by atoms with Crippen LogP contribution in [-0.4, -0.2) is 22.3 Å². The summed E-state index contributed by atoms with van der Waals surface area (Å²) >= 11 is 1.72. The first-order valence-electron chi connectivity index (χ1n) is 5.27. The number of H-pyrrole nitrogens is 1. The summed E-state index contributed by atoms with van der Waals surface area (Å²) in [6.07, 6.45) is 3.62. The molecular formula is C12H15N3S. The van der Waals surface area contributed by atoms with E-state index < -0.39 is 0 Å². The lowest BCUT2D eigenvalue weighted by Gasteiger charge is -2.05. The van der Waals surface area contributed by atoms with Gasteiger partial charge in [0.15, 0.2) is 5.16 Å². The molecule has 0 spiro atoms. The second-order valence-electron chi connectivity index (χ2n) is 3.54. The molecule has 2 aromatic rings. The van der Waals surface area contributed by atoms with E-state index in [1.54, 1.807) is 18.0 Å². The molecule has 0 unspecified atom stereocenters. The molecule has 0 bridgehead atoms. The van der Waals surface area contributed by atoms with E-state index in [1.165, 1.54) is 11.3 Å². The number of hydrogen-bond donors (Lipinski definition) is 2. The number of nitrogens with one attached hydrogen (secondary N) is 2. The summed E-state index contributed by atoms with van der Waals surface area (Å²) in [4.78, 5) is 7.22. The minimum absolute atomic E-state index is 0.939. The predicted molar refractivity (Wildman–Crippen MR) is 69.0 cm³/mol. The van der Waals surface area contributed by atoms with Crippen molar-refractivity contribution in [2.24, 2.45) is 0 Å². The minimum atomic E-state index is 0.939. The van der Waals surface area contributed by atoms with E-state index >= 15 is 0 Å². The fourth-order valence-electron chi connectivity index (χ4n) is 1.43. The molecule has 0 radical (unpaired) electrons. The highest BCUT2D eigenvalue weighted by Gasteiger charge is 1.95. The van der Waals surface area contributed by atoms with Crippen LogP contribution in [0.3, 0.4) is 0 Å². The van der Waals surface area contributed by atoms with Crippen LogP contribution in [0, 0.1) is 6.92 Å². The number of imidazole rings is 1. The van der Waals surface area contributed by atoms with Crippen molar-refractivity contribution in [2.75, 3.05) is 17.6 Å². The number of benzene rings is 1. The van der Waals surface area contributed by atoms with Crippen LogP contribution in [0.1, 0.15) is 5.56 Å². The van der Waals surface area contributed by atoms with Crippen molar-refractivity contribution in [3.8, 4) is 0 Å². The van der Waals surface area contributed by atoms with E-state index in [1.807, 2.05) is 6.20 Å². The van der Waals surface area contributed by atoms with Crippen molar-refractivity contribution in [1.29, 1.82) is 0 Å². The lowest BCUT2D eigenvalue weighted by Crippen LogP contribution is -2.04. The van der Waals surface area contributed by atoms with Gasteiger partial charge in [-0.1, -0.05) is 23.9 Å². The van der Waals surface area contributed by atoms with Crippen LogP contribution in [-0.2, 0) is 0 Å². The molecule has 0 fully saturated rings. The van der Waals surface area contributed by atoms with Crippen LogP contribution in [0.4, 0.5) is 5.69 Å². The smallest absolute Gasteiger partial charge is 0.165 e. The van der Waals surface area contributed by atoms with Crippen LogP contribution in [0.2, 0.25) is 0 Å². The molecule has 0 saturated heterocycles. The summed E-state index contributed by atoms with van der Waals surface area (Å²) < 4.78 is 0. The van der Waals surface area contributed by atoms with Gasteiger partial charge < -0.3 is 10.3 Å². The van der Waals surface area contributed by atoms with E-state index in [-0.39, 0.29) is 0 Å². The monoisotopic (exact) mass is 233 g/mol. The summed E-state index contributed by atoms with van der Waals surface area (Å²) in [6.45, 7) is 3.04. The molecule has 0 aliphatic rings. The molecule has 2 N–H and O–H groups in total. The Balaban J connectivity index is 1.72. The SMILES string of the molecule is Cc1cccc(NCCSc2ncc[nH]2)c1. The zero-order valence-corrected chi connectivity index (χ0v) is 10.1. The molecule has 1 aromatic carbocycles. The third-order valence-electron chi connectivity index (χ3n) is 2.16. The Kier molecular flexibility index (Phi) is 3.88. The van der Waals surface area contributed by atoms with Crippen LogP contribution >= 0.6 is 11.8 Å². The Labute approximate surface area is 99.7 Å². The highest BCUT2D eigenvalue weighted by molar-refractivity contribution is 7.99. The molecule has 1 heterocycles. The Morgan fingerprint density at radius 1 is 1.44 bits per heavy atom. The lowest BCUT2D eigenvalue weighted by atomic mass is 10.2. The molecule has 3 nitrogen and oxygen atoms in total. The van der Waals surface area contributed by atoms with Gasteiger partial charge in [0, 0.05) is 30.4 Å². The molecule has 1 aromatic heterocycles. The highest BCUT2D eigenvalue weighted by atomic mass is 32.2. The summed E-state index contributed by atoms with van der Waals surface area (Å²) in [6, 6.07) is 8.40. The number of nitrogens with zero attached hydrogens (tertiary/aromatic N) is 1. The lowest BCUT2D eigenvalue weighted by molar-refractivity contribution is 1.05. The normalized spacial score (nSPS) is 10.3. The number of aryl methyl sites for hydroxylation is 1. The molecule has 0 aliphatic heterocycles. The fourth-order valence-corrected chi connectivity index (χ4v) is 2.11. The molecule has 0 amide bonds. The van der Waals surface area contributed by atoms with E-state index in [2.05, 4.69) is 46.5 Å². The number of hydrogen-bond acceptors (Lipinski definition) is 3. The van der Waals surface area contributed by atoms with Gasteiger partial charge in [-0.15, -0.1) is 0 Å². The van der Waals surface area contributed by atoms with E-state index in [4.69, 9.17) is 0 Å². The summed E-state index contributed by atoms with van der Waals surface area (Å²) in [5.74, 6) is 1.00. The zero-order chi connectivity index (χ0) is 11.2. The first kappa shape index (κ1) is 11.1.